The topological polar surface area (TPSA) is 238 Å². The van der Waals surface area contributed by atoms with Gasteiger partial charge in [-0.1, -0.05) is 12.1 Å². The number of ether oxygens (including phenoxy) is 5. The molecule has 2 aromatic carbocycles. The van der Waals surface area contributed by atoms with Crippen molar-refractivity contribution in [1.82, 2.24) is 0 Å². The molecule has 2 saturated heterocycles. The molecule has 234 valence electrons. The summed E-state index contributed by atoms with van der Waals surface area (Å²) in [5, 5.41) is 81.0. The van der Waals surface area contributed by atoms with Gasteiger partial charge in [0.25, 0.3) is 0 Å². The van der Waals surface area contributed by atoms with Crippen LogP contribution in [0.15, 0.2) is 51.9 Å². The van der Waals surface area contributed by atoms with Gasteiger partial charge in [0.15, 0.2) is 11.3 Å². The quantitative estimate of drug-likeness (QED) is 0.136. The number of aliphatic hydroxyl groups is 8. The summed E-state index contributed by atoms with van der Waals surface area (Å²) in [5.41, 5.74) is -0.0307. The Balaban J connectivity index is 1.58. The van der Waals surface area contributed by atoms with Crippen molar-refractivity contribution in [3.05, 3.63) is 52.9 Å². The molecule has 5 rings (SSSR count). The summed E-state index contributed by atoms with van der Waals surface area (Å²) in [6.45, 7) is -1.46. The van der Waals surface area contributed by atoms with Gasteiger partial charge in [-0.2, -0.15) is 0 Å². The van der Waals surface area contributed by atoms with Crippen molar-refractivity contribution in [3.63, 3.8) is 0 Å². The van der Waals surface area contributed by atoms with E-state index in [2.05, 4.69) is 0 Å². The molecular weight excluding hydrogens is 576 g/mol. The number of hydrogen-bond donors (Lipinski definition) is 8. The number of benzene rings is 2. The Morgan fingerprint density at radius 1 is 0.721 bits per heavy atom. The third kappa shape index (κ3) is 5.80. The lowest BCUT2D eigenvalue weighted by Gasteiger charge is -2.40. The van der Waals surface area contributed by atoms with E-state index in [1.807, 2.05) is 0 Å². The second kappa shape index (κ2) is 12.7. The molecular formula is C28H32O15. The van der Waals surface area contributed by atoms with Crippen molar-refractivity contribution in [2.24, 2.45) is 0 Å². The second-order valence-corrected chi connectivity index (χ2v) is 10.1. The summed E-state index contributed by atoms with van der Waals surface area (Å²) in [6.07, 6.45) is -15.4. The van der Waals surface area contributed by atoms with Crippen LogP contribution in [0.1, 0.15) is 0 Å². The van der Waals surface area contributed by atoms with Gasteiger partial charge in [0.05, 0.1) is 31.3 Å². The van der Waals surface area contributed by atoms with Gasteiger partial charge < -0.3 is 69.0 Å². The van der Waals surface area contributed by atoms with E-state index in [4.69, 9.17) is 28.1 Å². The SMILES string of the molecule is COc1ccc(-c2coc3c(O[C@@H]4O[C@@H](CO)[C@H](O)[C@@H](O)[C@H]4O)c(O[C@@H]4O[C@@H](CO)[C@H](O)[C@@H](O)[C@@H]4O)ccc3c2=O)cc1. The third-order valence-electron chi connectivity index (χ3n) is 7.43. The van der Waals surface area contributed by atoms with Crippen LogP contribution in [0.3, 0.4) is 0 Å². The molecule has 2 aliphatic heterocycles. The van der Waals surface area contributed by atoms with Crippen molar-refractivity contribution >= 4 is 11.0 Å². The van der Waals surface area contributed by atoms with E-state index in [1.165, 1.54) is 19.2 Å². The molecule has 15 heteroatoms. The van der Waals surface area contributed by atoms with Crippen LogP contribution in [0.4, 0.5) is 0 Å². The minimum absolute atomic E-state index is 0.0194. The fourth-order valence-corrected chi connectivity index (χ4v) is 4.90. The van der Waals surface area contributed by atoms with Gasteiger partial charge in [0, 0.05) is 0 Å². The molecule has 2 aliphatic rings. The van der Waals surface area contributed by atoms with E-state index >= 15 is 0 Å². The first-order valence-electron chi connectivity index (χ1n) is 13.3. The smallest absolute Gasteiger partial charge is 0.229 e. The Hall–Kier alpha value is -3.35. The average Bonchev–Trinajstić information content (AvgIpc) is 3.02. The van der Waals surface area contributed by atoms with E-state index < -0.39 is 80.1 Å². The third-order valence-corrected chi connectivity index (χ3v) is 7.43. The van der Waals surface area contributed by atoms with Crippen molar-refractivity contribution in [2.45, 2.75) is 61.4 Å². The van der Waals surface area contributed by atoms with Crippen LogP contribution >= 0.6 is 0 Å². The van der Waals surface area contributed by atoms with Crippen LogP contribution in [0, 0.1) is 0 Å². The number of methoxy groups -OCH3 is 1. The van der Waals surface area contributed by atoms with Crippen molar-refractivity contribution in [3.8, 4) is 28.4 Å². The van der Waals surface area contributed by atoms with E-state index in [0.717, 1.165) is 6.26 Å². The van der Waals surface area contributed by atoms with Gasteiger partial charge in [-0.15, -0.1) is 0 Å². The maximum atomic E-state index is 13.6. The Kier molecular flexibility index (Phi) is 9.19. The predicted octanol–water partition coefficient (Wildman–Crippen LogP) is -2.17. The fourth-order valence-electron chi connectivity index (χ4n) is 4.90. The second-order valence-electron chi connectivity index (χ2n) is 10.1. The van der Waals surface area contributed by atoms with Gasteiger partial charge in [0.2, 0.25) is 23.8 Å². The van der Waals surface area contributed by atoms with Crippen LogP contribution in [-0.4, -0.2) is 123 Å². The monoisotopic (exact) mass is 608 g/mol. The van der Waals surface area contributed by atoms with Crippen molar-refractivity contribution in [2.75, 3.05) is 20.3 Å². The summed E-state index contributed by atoms with van der Waals surface area (Å²) < 4.78 is 33.5. The molecule has 0 bridgehead atoms. The molecule has 0 radical (unpaired) electrons. The van der Waals surface area contributed by atoms with E-state index in [1.54, 1.807) is 24.3 Å². The highest BCUT2D eigenvalue weighted by molar-refractivity contribution is 5.88. The van der Waals surface area contributed by atoms with Crippen molar-refractivity contribution < 1.29 is 69.0 Å². The fraction of sp³-hybridized carbons (Fsp3) is 0.464. The van der Waals surface area contributed by atoms with Gasteiger partial charge in [-0.3, -0.25) is 4.79 Å². The minimum atomic E-state index is -1.85. The number of fused-ring (bicyclic) bond motifs is 1. The Morgan fingerprint density at radius 3 is 1.81 bits per heavy atom. The molecule has 15 nitrogen and oxygen atoms in total. The Labute approximate surface area is 243 Å². The zero-order chi connectivity index (χ0) is 31.0. The summed E-state index contributed by atoms with van der Waals surface area (Å²) in [5.74, 6) is -0.0783. The molecule has 2 fully saturated rings. The first-order chi connectivity index (χ1) is 20.6. The molecule has 0 saturated carbocycles. The highest BCUT2D eigenvalue weighted by Crippen LogP contribution is 2.40. The largest absolute Gasteiger partial charge is 0.497 e. The Morgan fingerprint density at radius 2 is 1.28 bits per heavy atom. The maximum Gasteiger partial charge on any atom is 0.229 e. The predicted molar refractivity (Wildman–Crippen MR) is 143 cm³/mol. The molecule has 0 amide bonds. The molecule has 0 spiro atoms. The zero-order valence-corrected chi connectivity index (χ0v) is 22.7. The molecule has 43 heavy (non-hydrogen) atoms. The molecule has 0 aliphatic carbocycles. The van der Waals surface area contributed by atoms with E-state index in [-0.39, 0.29) is 28.0 Å². The van der Waals surface area contributed by atoms with Gasteiger partial charge in [-0.05, 0) is 29.8 Å². The molecule has 3 aromatic rings. The van der Waals surface area contributed by atoms with Gasteiger partial charge >= 0.3 is 0 Å². The van der Waals surface area contributed by atoms with E-state index in [0.29, 0.717) is 11.3 Å². The standard InChI is InChI=1S/C28H32O15/c1-38-12-4-2-11(3-5-12)14-10-39-25-13(18(14)31)6-7-15(40-27-23(36)21(34)19(32)16(8-29)41-27)26(25)43-28-24(37)22(35)20(33)17(9-30)42-28/h2-7,10,16-17,19-24,27-30,32-37H,8-9H2,1H3/t16-,17-,19-,20-,21+,22+,23-,24+,27+,28-/m0/s1. The summed E-state index contributed by atoms with van der Waals surface area (Å²) in [7, 11) is 1.50. The summed E-state index contributed by atoms with van der Waals surface area (Å²) in [4.78, 5) is 13.6. The average molecular weight is 609 g/mol. The first kappa shape index (κ1) is 31.1. The highest BCUT2D eigenvalue weighted by atomic mass is 16.7. The van der Waals surface area contributed by atoms with Crippen molar-refractivity contribution in [1.29, 1.82) is 0 Å². The van der Waals surface area contributed by atoms with Crippen LogP contribution < -0.4 is 19.6 Å². The normalized spacial score (nSPS) is 32.9. The Bertz CT molecular complexity index is 1460. The lowest BCUT2D eigenvalue weighted by molar-refractivity contribution is -0.282. The zero-order valence-electron chi connectivity index (χ0n) is 22.7. The molecule has 0 unspecified atom stereocenters. The molecule has 10 atom stereocenters. The van der Waals surface area contributed by atoms with Gasteiger partial charge in [-0.25, -0.2) is 0 Å². The number of rotatable bonds is 8. The highest BCUT2D eigenvalue weighted by Gasteiger charge is 2.47. The van der Waals surface area contributed by atoms with Gasteiger partial charge in [0.1, 0.15) is 60.8 Å². The van der Waals surface area contributed by atoms with E-state index in [9.17, 15) is 45.6 Å². The maximum absolute atomic E-state index is 13.6. The van der Waals surface area contributed by atoms with Crippen LogP contribution in [-0.2, 0) is 9.47 Å². The molecule has 1 aromatic heterocycles. The van der Waals surface area contributed by atoms with Crippen LogP contribution in [0.25, 0.3) is 22.1 Å². The lowest BCUT2D eigenvalue weighted by Crippen LogP contribution is -2.60. The lowest BCUT2D eigenvalue weighted by atomic mass is 9.99. The molecule has 3 heterocycles. The van der Waals surface area contributed by atoms with Crippen LogP contribution in [0.5, 0.6) is 17.2 Å². The number of hydrogen-bond acceptors (Lipinski definition) is 15. The van der Waals surface area contributed by atoms with Crippen LogP contribution in [0.2, 0.25) is 0 Å². The minimum Gasteiger partial charge on any atom is -0.497 e. The molecule has 8 N–H and O–H groups in total. The number of aliphatic hydroxyl groups excluding tert-OH is 8. The first-order valence-corrected chi connectivity index (χ1v) is 13.3. The summed E-state index contributed by atoms with van der Waals surface area (Å²) in [6, 6.07) is 9.19. The summed E-state index contributed by atoms with van der Waals surface area (Å²) >= 11 is 0.